The van der Waals surface area contributed by atoms with Crippen LogP contribution in [0.1, 0.15) is 29.7 Å². The number of nitrogens with one attached hydrogen (secondary N) is 3. The zero-order valence-corrected chi connectivity index (χ0v) is 14.1. The van der Waals surface area contributed by atoms with Crippen LogP contribution < -0.4 is 16.0 Å². The van der Waals surface area contributed by atoms with Gasteiger partial charge < -0.3 is 16.0 Å². The minimum Gasteiger partial charge on any atom is -0.332 e. The summed E-state index contributed by atoms with van der Waals surface area (Å²) >= 11 is 0. The van der Waals surface area contributed by atoms with E-state index in [9.17, 15) is 9.59 Å². The van der Waals surface area contributed by atoms with Gasteiger partial charge in [-0.15, -0.1) is 0 Å². The molecule has 3 amide bonds. The first-order chi connectivity index (χ1) is 11.4. The van der Waals surface area contributed by atoms with E-state index in [-0.39, 0.29) is 24.5 Å². The number of anilines is 1. The molecular weight excluding hydrogens is 304 g/mol. The molecule has 0 aliphatic rings. The fourth-order valence-corrected chi connectivity index (χ4v) is 2.39. The summed E-state index contributed by atoms with van der Waals surface area (Å²) in [6, 6.07) is 9.07. The Morgan fingerprint density at radius 1 is 1.17 bits per heavy atom. The Balaban J connectivity index is 1.81. The number of aryl methyl sites for hydroxylation is 2. The van der Waals surface area contributed by atoms with Gasteiger partial charge in [0, 0.05) is 6.20 Å². The first-order valence-corrected chi connectivity index (χ1v) is 7.76. The lowest BCUT2D eigenvalue weighted by Crippen LogP contribution is -2.41. The van der Waals surface area contributed by atoms with Crippen LogP contribution in [-0.2, 0) is 4.79 Å². The second-order valence-corrected chi connectivity index (χ2v) is 5.76. The van der Waals surface area contributed by atoms with Gasteiger partial charge in [-0.1, -0.05) is 29.3 Å². The third kappa shape index (κ3) is 5.39. The Morgan fingerprint density at radius 3 is 2.50 bits per heavy atom. The van der Waals surface area contributed by atoms with Crippen LogP contribution in [0.25, 0.3) is 0 Å². The van der Waals surface area contributed by atoms with Crippen LogP contribution in [0.3, 0.4) is 0 Å². The fraction of sp³-hybridized carbons (Fsp3) is 0.278. The molecule has 3 N–H and O–H groups in total. The van der Waals surface area contributed by atoms with Crippen molar-refractivity contribution in [3.05, 3.63) is 59.4 Å². The summed E-state index contributed by atoms with van der Waals surface area (Å²) in [5, 5.41) is 8.03. The van der Waals surface area contributed by atoms with E-state index in [4.69, 9.17) is 0 Å². The Labute approximate surface area is 141 Å². The van der Waals surface area contributed by atoms with Crippen molar-refractivity contribution in [1.82, 2.24) is 15.6 Å². The van der Waals surface area contributed by atoms with E-state index in [0.717, 1.165) is 16.7 Å². The maximum absolute atomic E-state index is 11.9. The zero-order valence-electron chi connectivity index (χ0n) is 14.1. The molecule has 0 saturated heterocycles. The van der Waals surface area contributed by atoms with E-state index < -0.39 is 0 Å². The number of aromatic nitrogens is 1. The molecule has 2 aromatic rings. The summed E-state index contributed by atoms with van der Waals surface area (Å²) in [7, 11) is 0. The minimum atomic E-state index is -0.386. The van der Waals surface area contributed by atoms with Crippen LogP contribution in [0, 0.1) is 13.8 Å². The number of hydrogen-bond donors (Lipinski definition) is 3. The summed E-state index contributed by atoms with van der Waals surface area (Å²) in [6.07, 6.45) is 3.16. The minimum absolute atomic E-state index is 0.111. The summed E-state index contributed by atoms with van der Waals surface area (Å²) < 4.78 is 0. The maximum Gasteiger partial charge on any atom is 0.315 e. The van der Waals surface area contributed by atoms with Crippen LogP contribution in [0.2, 0.25) is 0 Å². The third-order valence-electron chi connectivity index (χ3n) is 3.45. The predicted molar refractivity (Wildman–Crippen MR) is 93.7 cm³/mol. The SMILES string of the molecule is Cc1cc(C)cc([C@@H](C)NC(=O)NCC(=O)Nc2cccnc2)c1. The van der Waals surface area contributed by atoms with Crippen LogP contribution in [0.15, 0.2) is 42.7 Å². The lowest BCUT2D eigenvalue weighted by atomic mass is 10.0. The largest absolute Gasteiger partial charge is 0.332 e. The smallest absolute Gasteiger partial charge is 0.315 e. The summed E-state index contributed by atoms with van der Waals surface area (Å²) in [5.41, 5.74) is 3.92. The maximum atomic E-state index is 11.9. The molecule has 6 heteroatoms. The van der Waals surface area contributed by atoms with Gasteiger partial charge in [-0.05, 0) is 38.5 Å². The van der Waals surface area contributed by atoms with Gasteiger partial charge in [0.05, 0.1) is 24.5 Å². The topological polar surface area (TPSA) is 83.1 Å². The molecule has 0 aliphatic carbocycles. The van der Waals surface area contributed by atoms with Gasteiger partial charge in [0.25, 0.3) is 0 Å². The lowest BCUT2D eigenvalue weighted by molar-refractivity contribution is -0.115. The highest BCUT2D eigenvalue weighted by atomic mass is 16.2. The molecular formula is C18H22N4O2. The second kappa shape index (κ2) is 8.10. The average molecular weight is 326 g/mol. The second-order valence-electron chi connectivity index (χ2n) is 5.76. The molecule has 0 unspecified atom stereocenters. The summed E-state index contributed by atoms with van der Waals surface area (Å²) in [6.45, 7) is 5.84. The van der Waals surface area contributed by atoms with Crippen molar-refractivity contribution >= 4 is 17.6 Å². The quantitative estimate of drug-likeness (QED) is 0.790. The van der Waals surface area contributed by atoms with Gasteiger partial charge in [-0.3, -0.25) is 9.78 Å². The Hall–Kier alpha value is -2.89. The van der Waals surface area contributed by atoms with Crippen molar-refractivity contribution in [3.8, 4) is 0 Å². The number of pyridine rings is 1. The molecule has 0 spiro atoms. The van der Waals surface area contributed by atoms with Crippen LogP contribution in [-0.4, -0.2) is 23.5 Å². The number of benzene rings is 1. The Morgan fingerprint density at radius 2 is 1.88 bits per heavy atom. The van der Waals surface area contributed by atoms with Crippen LogP contribution in [0.4, 0.5) is 10.5 Å². The van der Waals surface area contributed by atoms with E-state index in [1.54, 1.807) is 24.5 Å². The summed E-state index contributed by atoms with van der Waals surface area (Å²) in [4.78, 5) is 27.6. The number of nitrogens with zero attached hydrogens (tertiary/aromatic N) is 1. The highest BCUT2D eigenvalue weighted by molar-refractivity contribution is 5.94. The number of carbonyl (C=O) groups is 2. The molecule has 0 saturated carbocycles. The molecule has 0 aliphatic heterocycles. The number of hydrogen-bond acceptors (Lipinski definition) is 3. The first kappa shape index (κ1) is 17.5. The molecule has 0 bridgehead atoms. The third-order valence-corrected chi connectivity index (χ3v) is 3.45. The van der Waals surface area contributed by atoms with Crippen molar-refractivity contribution in [1.29, 1.82) is 0 Å². The number of rotatable bonds is 5. The van der Waals surface area contributed by atoms with Crippen LogP contribution >= 0.6 is 0 Å². The van der Waals surface area contributed by atoms with E-state index in [2.05, 4.69) is 27.0 Å². The Bertz CT molecular complexity index is 696. The highest BCUT2D eigenvalue weighted by Gasteiger charge is 2.11. The van der Waals surface area contributed by atoms with Crippen molar-refractivity contribution in [3.63, 3.8) is 0 Å². The van der Waals surface area contributed by atoms with E-state index in [0.29, 0.717) is 5.69 Å². The van der Waals surface area contributed by atoms with Gasteiger partial charge in [-0.2, -0.15) is 0 Å². The van der Waals surface area contributed by atoms with Crippen molar-refractivity contribution in [2.24, 2.45) is 0 Å². The van der Waals surface area contributed by atoms with E-state index in [1.165, 1.54) is 0 Å². The first-order valence-electron chi connectivity index (χ1n) is 7.76. The average Bonchev–Trinajstić information content (AvgIpc) is 2.53. The Kier molecular flexibility index (Phi) is 5.89. The molecule has 24 heavy (non-hydrogen) atoms. The summed E-state index contributed by atoms with van der Waals surface area (Å²) in [5.74, 6) is -0.308. The number of urea groups is 1. The zero-order chi connectivity index (χ0) is 17.5. The van der Waals surface area contributed by atoms with Crippen molar-refractivity contribution in [2.75, 3.05) is 11.9 Å². The van der Waals surface area contributed by atoms with E-state index in [1.807, 2.05) is 32.9 Å². The van der Waals surface area contributed by atoms with Crippen molar-refractivity contribution in [2.45, 2.75) is 26.8 Å². The van der Waals surface area contributed by atoms with Crippen LogP contribution in [0.5, 0.6) is 0 Å². The molecule has 1 aromatic heterocycles. The standard InChI is InChI=1S/C18H22N4O2/c1-12-7-13(2)9-15(8-12)14(3)21-18(24)20-11-17(23)22-16-5-4-6-19-10-16/h4-10,14H,11H2,1-3H3,(H,22,23)(H2,20,21,24)/t14-/m1/s1. The molecule has 126 valence electrons. The number of carbonyl (C=O) groups excluding carboxylic acids is 2. The van der Waals surface area contributed by atoms with E-state index >= 15 is 0 Å². The normalized spacial score (nSPS) is 11.5. The van der Waals surface area contributed by atoms with Gasteiger partial charge in [0.15, 0.2) is 0 Å². The highest BCUT2D eigenvalue weighted by Crippen LogP contribution is 2.16. The lowest BCUT2D eigenvalue weighted by Gasteiger charge is -2.16. The van der Waals surface area contributed by atoms with Gasteiger partial charge in [-0.25, -0.2) is 4.79 Å². The molecule has 1 atom stereocenters. The molecule has 2 rings (SSSR count). The van der Waals surface area contributed by atoms with Gasteiger partial charge >= 0.3 is 6.03 Å². The van der Waals surface area contributed by atoms with Crippen molar-refractivity contribution < 1.29 is 9.59 Å². The molecule has 1 aromatic carbocycles. The predicted octanol–water partition coefficient (Wildman–Crippen LogP) is 2.70. The van der Waals surface area contributed by atoms with Gasteiger partial charge in [0.2, 0.25) is 5.91 Å². The molecule has 0 radical (unpaired) electrons. The monoisotopic (exact) mass is 326 g/mol. The molecule has 0 fully saturated rings. The number of amides is 3. The van der Waals surface area contributed by atoms with Gasteiger partial charge in [0.1, 0.15) is 0 Å². The molecule has 1 heterocycles. The molecule has 6 nitrogen and oxygen atoms in total. The fourth-order valence-electron chi connectivity index (χ4n) is 2.39.